The number of hydrogen-bond donors (Lipinski definition) is 1. The molecule has 1 rings (SSSR count). The summed E-state index contributed by atoms with van der Waals surface area (Å²) in [4.78, 5) is 4.28. The minimum absolute atomic E-state index is 0.0448. The first kappa shape index (κ1) is 13.5. The number of methoxy groups -OCH3 is 1. The van der Waals surface area contributed by atoms with Crippen LogP contribution in [0.2, 0.25) is 0 Å². The van der Waals surface area contributed by atoms with Gasteiger partial charge in [-0.15, -0.1) is 0 Å². The average Bonchev–Trinajstić information content (AvgIpc) is 2.74. The highest BCUT2D eigenvalue weighted by Gasteiger charge is 2.12. The lowest BCUT2D eigenvalue weighted by molar-refractivity contribution is 0.102. The summed E-state index contributed by atoms with van der Waals surface area (Å²) in [7, 11) is 1.63. The Bertz CT molecular complexity index is 289. The Hall–Kier alpha value is -0.590. The van der Waals surface area contributed by atoms with E-state index in [0.717, 1.165) is 23.8 Å². The molecule has 0 spiro atoms. The first-order valence-corrected chi connectivity index (χ1v) is 6.57. The quantitative estimate of drug-likeness (QED) is 0.694. The normalized spacial score (nSPS) is 12.9. The van der Waals surface area contributed by atoms with Crippen molar-refractivity contribution in [2.75, 3.05) is 19.4 Å². The Labute approximate surface area is 100 Å². The molecule has 1 heterocycles. The van der Waals surface area contributed by atoms with Gasteiger partial charge in [-0.05, 0) is 12.2 Å². The molecular formula is C10H19N3O2S. The van der Waals surface area contributed by atoms with Gasteiger partial charge in [0, 0.05) is 13.7 Å². The van der Waals surface area contributed by atoms with Gasteiger partial charge in [-0.25, -0.2) is 0 Å². The fourth-order valence-electron chi connectivity index (χ4n) is 1.20. The number of thioether (sulfide) groups is 1. The van der Waals surface area contributed by atoms with Crippen molar-refractivity contribution in [1.29, 1.82) is 0 Å². The van der Waals surface area contributed by atoms with E-state index in [-0.39, 0.29) is 6.10 Å². The van der Waals surface area contributed by atoms with Gasteiger partial charge in [-0.2, -0.15) is 16.7 Å². The first-order valence-electron chi connectivity index (χ1n) is 5.42. The lowest BCUT2D eigenvalue weighted by Crippen LogP contribution is -2.24. The van der Waals surface area contributed by atoms with Crippen LogP contribution in [0, 0.1) is 0 Å². The molecule has 0 aliphatic rings. The highest BCUT2D eigenvalue weighted by molar-refractivity contribution is 7.98. The molecule has 0 amide bonds. The van der Waals surface area contributed by atoms with Crippen molar-refractivity contribution in [3.63, 3.8) is 0 Å². The SMILES string of the molecule is CCCSCc1noc(CC(CN)OC)n1. The van der Waals surface area contributed by atoms with Gasteiger partial charge >= 0.3 is 0 Å². The summed E-state index contributed by atoms with van der Waals surface area (Å²) in [6.45, 7) is 2.61. The van der Waals surface area contributed by atoms with Crippen LogP contribution in [-0.2, 0) is 16.9 Å². The van der Waals surface area contributed by atoms with Gasteiger partial charge in [-0.3, -0.25) is 0 Å². The largest absolute Gasteiger partial charge is 0.380 e. The van der Waals surface area contributed by atoms with Gasteiger partial charge in [0.1, 0.15) is 0 Å². The van der Waals surface area contributed by atoms with E-state index in [1.807, 2.05) is 11.8 Å². The zero-order valence-electron chi connectivity index (χ0n) is 9.81. The minimum atomic E-state index is -0.0448. The van der Waals surface area contributed by atoms with Crippen LogP contribution >= 0.6 is 11.8 Å². The summed E-state index contributed by atoms with van der Waals surface area (Å²) >= 11 is 1.81. The van der Waals surface area contributed by atoms with Crippen LogP contribution in [0.5, 0.6) is 0 Å². The second-order valence-electron chi connectivity index (χ2n) is 3.45. The van der Waals surface area contributed by atoms with Crippen molar-refractivity contribution < 1.29 is 9.26 Å². The van der Waals surface area contributed by atoms with Crippen molar-refractivity contribution in [3.05, 3.63) is 11.7 Å². The van der Waals surface area contributed by atoms with Gasteiger partial charge in [0.2, 0.25) is 5.89 Å². The van der Waals surface area contributed by atoms with Crippen molar-refractivity contribution >= 4 is 11.8 Å². The van der Waals surface area contributed by atoms with Gasteiger partial charge < -0.3 is 15.0 Å². The molecule has 0 fully saturated rings. The second kappa shape index (κ2) is 7.65. The number of nitrogens with two attached hydrogens (primary N) is 1. The Morgan fingerprint density at radius 1 is 1.56 bits per heavy atom. The highest BCUT2D eigenvalue weighted by Crippen LogP contribution is 2.11. The summed E-state index contributed by atoms with van der Waals surface area (Å²) in [5.74, 6) is 3.27. The number of aromatic nitrogens is 2. The predicted molar refractivity (Wildman–Crippen MR) is 64.3 cm³/mol. The third-order valence-electron chi connectivity index (χ3n) is 2.09. The third-order valence-corrected chi connectivity index (χ3v) is 3.25. The van der Waals surface area contributed by atoms with E-state index < -0.39 is 0 Å². The Balaban J connectivity index is 2.38. The van der Waals surface area contributed by atoms with Crippen LogP contribution in [0.15, 0.2) is 4.52 Å². The topological polar surface area (TPSA) is 74.2 Å². The molecule has 1 unspecified atom stereocenters. The van der Waals surface area contributed by atoms with Crippen molar-refractivity contribution in [2.24, 2.45) is 5.73 Å². The van der Waals surface area contributed by atoms with Crippen LogP contribution in [0.3, 0.4) is 0 Å². The van der Waals surface area contributed by atoms with E-state index in [9.17, 15) is 0 Å². The van der Waals surface area contributed by atoms with E-state index in [0.29, 0.717) is 18.9 Å². The maximum Gasteiger partial charge on any atom is 0.229 e. The van der Waals surface area contributed by atoms with Crippen molar-refractivity contribution in [3.8, 4) is 0 Å². The number of rotatable bonds is 8. The molecule has 0 aromatic carbocycles. The third kappa shape index (κ3) is 4.51. The van der Waals surface area contributed by atoms with Crippen molar-refractivity contribution in [2.45, 2.75) is 31.6 Å². The lowest BCUT2D eigenvalue weighted by Gasteiger charge is -2.08. The van der Waals surface area contributed by atoms with Crippen LogP contribution in [-0.4, -0.2) is 35.7 Å². The molecule has 0 bridgehead atoms. The summed E-state index contributed by atoms with van der Waals surface area (Å²) in [5, 5.41) is 3.91. The zero-order valence-corrected chi connectivity index (χ0v) is 10.6. The molecule has 0 saturated heterocycles. The predicted octanol–water partition coefficient (Wildman–Crippen LogP) is 1.23. The van der Waals surface area contributed by atoms with E-state index >= 15 is 0 Å². The molecule has 1 atom stereocenters. The molecule has 6 heteroatoms. The maximum atomic E-state index is 5.52. The highest BCUT2D eigenvalue weighted by atomic mass is 32.2. The van der Waals surface area contributed by atoms with Gasteiger partial charge in [-0.1, -0.05) is 12.1 Å². The van der Waals surface area contributed by atoms with Crippen LogP contribution in [0.4, 0.5) is 0 Å². The number of ether oxygens (including phenoxy) is 1. The number of nitrogens with zero attached hydrogens (tertiary/aromatic N) is 2. The molecule has 16 heavy (non-hydrogen) atoms. The van der Waals surface area contributed by atoms with Crippen LogP contribution in [0.25, 0.3) is 0 Å². The lowest BCUT2D eigenvalue weighted by atomic mass is 10.2. The monoisotopic (exact) mass is 245 g/mol. The zero-order chi connectivity index (χ0) is 11.8. The molecule has 0 aliphatic heterocycles. The molecule has 0 radical (unpaired) electrons. The van der Waals surface area contributed by atoms with Gasteiger partial charge in [0.15, 0.2) is 5.82 Å². The second-order valence-corrected chi connectivity index (χ2v) is 4.56. The Morgan fingerprint density at radius 3 is 3.00 bits per heavy atom. The fraction of sp³-hybridized carbons (Fsp3) is 0.800. The molecule has 0 aliphatic carbocycles. The molecule has 2 N–H and O–H groups in total. The van der Waals surface area contributed by atoms with Crippen LogP contribution in [0.1, 0.15) is 25.1 Å². The molecule has 5 nitrogen and oxygen atoms in total. The summed E-state index contributed by atoms with van der Waals surface area (Å²) in [5.41, 5.74) is 5.52. The molecule has 0 saturated carbocycles. The Morgan fingerprint density at radius 2 is 2.38 bits per heavy atom. The van der Waals surface area contributed by atoms with E-state index in [1.54, 1.807) is 7.11 Å². The van der Waals surface area contributed by atoms with Crippen LogP contribution < -0.4 is 5.73 Å². The average molecular weight is 245 g/mol. The van der Waals surface area contributed by atoms with E-state index in [4.69, 9.17) is 15.0 Å². The molecule has 92 valence electrons. The fourth-order valence-corrected chi connectivity index (χ4v) is 1.93. The van der Waals surface area contributed by atoms with E-state index in [1.165, 1.54) is 0 Å². The summed E-state index contributed by atoms with van der Waals surface area (Å²) in [6, 6.07) is 0. The molecular weight excluding hydrogens is 226 g/mol. The molecule has 1 aromatic rings. The summed E-state index contributed by atoms with van der Waals surface area (Å²) in [6.07, 6.45) is 1.70. The maximum absolute atomic E-state index is 5.52. The number of hydrogen-bond acceptors (Lipinski definition) is 6. The summed E-state index contributed by atoms with van der Waals surface area (Å²) < 4.78 is 10.3. The van der Waals surface area contributed by atoms with Gasteiger partial charge in [0.25, 0.3) is 0 Å². The van der Waals surface area contributed by atoms with Crippen molar-refractivity contribution in [1.82, 2.24) is 10.1 Å². The first-order chi connectivity index (χ1) is 7.80. The smallest absolute Gasteiger partial charge is 0.229 e. The molecule has 1 aromatic heterocycles. The standard InChI is InChI=1S/C10H19N3O2S/c1-3-4-16-7-9-12-10(15-13-9)5-8(6-11)14-2/h8H,3-7,11H2,1-2H3. The minimum Gasteiger partial charge on any atom is -0.380 e. The van der Waals surface area contributed by atoms with E-state index in [2.05, 4.69) is 17.1 Å². The van der Waals surface area contributed by atoms with Gasteiger partial charge in [0.05, 0.1) is 18.3 Å². The Kier molecular flexibility index (Phi) is 6.44.